The van der Waals surface area contributed by atoms with Gasteiger partial charge >= 0.3 is 0 Å². The van der Waals surface area contributed by atoms with Crippen molar-refractivity contribution in [2.45, 2.75) is 37.1 Å². The minimum absolute atomic E-state index is 0.289. The normalized spacial score (nSPS) is 19.1. The van der Waals surface area contributed by atoms with E-state index in [1.54, 1.807) is 19.2 Å². The molecule has 6 nitrogen and oxygen atoms in total. The molecule has 1 aliphatic heterocycles. The van der Waals surface area contributed by atoms with Crippen molar-refractivity contribution in [3.05, 3.63) is 60.2 Å². The molecule has 3 aromatic rings. The quantitative estimate of drug-likeness (QED) is 0.544. The average molecular weight is 472 g/mol. The lowest BCUT2D eigenvalue weighted by atomic mass is 10.1. The van der Waals surface area contributed by atoms with E-state index in [0.717, 1.165) is 40.5 Å². The highest BCUT2D eigenvalue weighted by atomic mass is 32.2. The molecule has 2 heterocycles. The van der Waals surface area contributed by atoms with Crippen molar-refractivity contribution in [1.29, 1.82) is 0 Å². The Hall–Kier alpha value is -2.55. The summed E-state index contributed by atoms with van der Waals surface area (Å²) in [4.78, 5) is 3.17. The molecule has 0 bridgehead atoms. The molecule has 1 aliphatic rings. The fourth-order valence-corrected chi connectivity index (χ4v) is 6.63. The molecule has 4 rings (SSSR count). The molecule has 2 N–H and O–H groups in total. The first-order valence-corrected chi connectivity index (χ1v) is 12.9. The topological polar surface area (TPSA) is 70.7 Å². The maximum atomic E-state index is 13.1. The molecule has 0 aliphatic carbocycles. The van der Waals surface area contributed by atoms with Gasteiger partial charge in [0.1, 0.15) is 9.96 Å². The minimum atomic E-state index is -3.71. The lowest BCUT2D eigenvalue weighted by molar-refractivity contribution is 0.391. The summed E-state index contributed by atoms with van der Waals surface area (Å²) in [6.07, 6.45) is 0. The van der Waals surface area contributed by atoms with Crippen LogP contribution >= 0.6 is 11.3 Å². The summed E-state index contributed by atoms with van der Waals surface area (Å²) in [5.74, 6) is 0.729. The highest BCUT2D eigenvalue weighted by molar-refractivity contribution is 7.94. The lowest BCUT2D eigenvalue weighted by Crippen LogP contribution is -2.54. The number of hydrogen-bond donors (Lipinski definition) is 2. The molecule has 2 atom stereocenters. The van der Waals surface area contributed by atoms with Crippen LogP contribution < -0.4 is 19.7 Å². The van der Waals surface area contributed by atoms with Crippen LogP contribution in [0.2, 0.25) is 0 Å². The van der Waals surface area contributed by atoms with Crippen LogP contribution in [0, 0.1) is 6.92 Å². The predicted octanol–water partition coefficient (Wildman–Crippen LogP) is 4.72. The van der Waals surface area contributed by atoms with Crippen molar-refractivity contribution in [3.8, 4) is 16.2 Å². The Morgan fingerprint density at radius 2 is 1.78 bits per heavy atom. The first kappa shape index (κ1) is 22.6. The predicted molar refractivity (Wildman–Crippen MR) is 133 cm³/mol. The highest BCUT2D eigenvalue weighted by Crippen LogP contribution is 2.36. The second-order valence-electron chi connectivity index (χ2n) is 8.30. The van der Waals surface area contributed by atoms with Gasteiger partial charge in [-0.05, 0) is 62.2 Å². The van der Waals surface area contributed by atoms with Gasteiger partial charge in [-0.3, -0.25) is 4.72 Å². The zero-order valence-electron chi connectivity index (χ0n) is 18.8. The first-order chi connectivity index (χ1) is 15.3. The van der Waals surface area contributed by atoms with E-state index in [1.165, 1.54) is 11.3 Å². The Balaban J connectivity index is 1.60. The zero-order valence-corrected chi connectivity index (χ0v) is 20.4. The maximum Gasteiger partial charge on any atom is 0.271 e. The third-order valence-electron chi connectivity index (χ3n) is 5.59. The van der Waals surface area contributed by atoms with E-state index >= 15 is 0 Å². The largest absolute Gasteiger partial charge is 0.495 e. The van der Waals surface area contributed by atoms with Crippen molar-refractivity contribution in [2.24, 2.45) is 0 Å². The maximum absolute atomic E-state index is 13.1. The zero-order chi connectivity index (χ0) is 22.9. The van der Waals surface area contributed by atoms with Crippen LogP contribution in [-0.2, 0) is 10.0 Å². The monoisotopic (exact) mass is 471 g/mol. The number of benzene rings is 2. The SMILES string of the molecule is COc1ccc(NS(=O)(=O)c2ccc(-c3ccccc3C)s2)cc1N1C[C@@H](C)N[C@@H](C)C1. The molecule has 8 heteroatoms. The summed E-state index contributed by atoms with van der Waals surface area (Å²) in [5, 5.41) is 3.52. The van der Waals surface area contributed by atoms with Gasteiger partial charge in [-0.1, -0.05) is 24.3 Å². The smallest absolute Gasteiger partial charge is 0.271 e. The second-order valence-corrected chi connectivity index (χ2v) is 11.3. The number of sulfonamides is 1. The number of thiophene rings is 1. The van der Waals surface area contributed by atoms with Crippen LogP contribution in [0.15, 0.2) is 58.8 Å². The van der Waals surface area contributed by atoms with E-state index in [1.807, 2.05) is 49.4 Å². The molecule has 0 spiro atoms. The standard InChI is InChI=1S/C24H29N3O3S2/c1-16-7-5-6-8-20(16)23-11-12-24(31-23)32(28,29)26-19-9-10-22(30-4)21(13-19)27-14-17(2)25-18(3)15-27/h5-13,17-18,25-26H,14-15H2,1-4H3/t17-,18+. The van der Waals surface area contributed by atoms with E-state index in [0.29, 0.717) is 17.8 Å². The van der Waals surface area contributed by atoms with Gasteiger partial charge in [0.2, 0.25) is 0 Å². The van der Waals surface area contributed by atoms with Gasteiger partial charge in [0.05, 0.1) is 18.5 Å². The van der Waals surface area contributed by atoms with Crippen molar-refractivity contribution < 1.29 is 13.2 Å². The van der Waals surface area contributed by atoms with E-state index in [2.05, 4.69) is 28.8 Å². The minimum Gasteiger partial charge on any atom is -0.495 e. The van der Waals surface area contributed by atoms with E-state index in [4.69, 9.17) is 4.74 Å². The summed E-state index contributed by atoms with van der Waals surface area (Å²) in [5.41, 5.74) is 3.57. The van der Waals surface area contributed by atoms with Gasteiger partial charge in [-0.2, -0.15) is 0 Å². The number of anilines is 2. The van der Waals surface area contributed by atoms with Crippen LogP contribution in [0.1, 0.15) is 19.4 Å². The summed E-state index contributed by atoms with van der Waals surface area (Å²) in [6.45, 7) is 7.95. The Bertz CT molecular complexity index is 1200. The fourth-order valence-electron chi connectivity index (χ4n) is 4.19. The van der Waals surface area contributed by atoms with Crippen LogP contribution in [0.4, 0.5) is 11.4 Å². The van der Waals surface area contributed by atoms with Gasteiger partial charge < -0.3 is 15.0 Å². The summed E-state index contributed by atoms with van der Waals surface area (Å²) in [7, 11) is -2.07. The van der Waals surface area contributed by atoms with Crippen LogP contribution in [0.5, 0.6) is 5.75 Å². The van der Waals surface area contributed by atoms with Crippen molar-refractivity contribution in [3.63, 3.8) is 0 Å². The first-order valence-electron chi connectivity index (χ1n) is 10.6. The van der Waals surface area contributed by atoms with Gasteiger partial charge in [-0.15, -0.1) is 11.3 Å². The average Bonchev–Trinajstić information content (AvgIpc) is 3.24. The molecule has 2 aromatic carbocycles. The Morgan fingerprint density at radius 3 is 2.47 bits per heavy atom. The van der Waals surface area contributed by atoms with Gasteiger partial charge in [-0.25, -0.2) is 8.42 Å². The molecule has 0 radical (unpaired) electrons. The fraction of sp³-hybridized carbons (Fsp3) is 0.333. The summed E-state index contributed by atoms with van der Waals surface area (Å²) < 4.78 is 34.8. The Kier molecular flexibility index (Phi) is 6.46. The molecule has 170 valence electrons. The van der Waals surface area contributed by atoms with E-state index in [-0.39, 0.29) is 4.21 Å². The molecule has 0 saturated carbocycles. The number of rotatable bonds is 6. The van der Waals surface area contributed by atoms with Crippen LogP contribution in [-0.4, -0.2) is 40.7 Å². The molecular weight excluding hydrogens is 442 g/mol. The number of ether oxygens (including phenoxy) is 1. The van der Waals surface area contributed by atoms with Gasteiger partial charge in [0.15, 0.2) is 0 Å². The third-order valence-corrected chi connectivity index (χ3v) is 8.58. The second kappa shape index (κ2) is 9.13. The molecule has 1 aromatic heterocycles. The molecule has 32 heavy (non-hydrogen) atoms. The lowest BCUT2D eigenvalue weighted by Gasteiger charge is -2.38. The van der Waals surface area contributed by atoms with Gasteiger partial charge in [0.25, 0.3) is 10.0 Å². The Morgan fingerprint density at radius 1 is 1.06 bits per heavy atom. The van der Waals surface area contributed by atoms with Crippen LogP contribution in [0.25, 0.3) is 10.4 Å². The third kappa shape index (κ3) is 4.77. The van der Waals surface area contributed by atoms with Crippen molar-refractivity contribution >= 4 is 32.7 Å². The van der Waals surface area contributed by atoms with Crippen LogP contribution in [0.3, 0.4) is 0 Å². The number of methoxy groups -OCH3 is 1. The van der Waals surface area contributed by atoms with Crippen molar-refractivity contribution in [2.75, 3.05) is 29.8 Å². The van der Waals surface area contributed by atoms with Gasteiger partial charge in [0, 0.05) is 30.1 Å². The molecule has 0 amide bonds. The van der Waals surface area contributed by atoms with E-state index < -0.39 is 10.0 Å². The number of nitrogens with one attached hydrogen (secondary N) is 2. The summed E-state index contributed by atoms with van der Waals surface area (Å²) >= 11 is 1.27. The molecule has 1 saturated heterocycles. The molecule has 1 fully saturated rings. The Labute approximate surface area is 194 Å². The van der Waals surface area contributed by atoms with E-state index in [9.17, 15) is 8.42 Å². The molecular formula is C24H29N3O3S2. The number of piperazine rings is 1. The number of hydrogen-bond acceptors (Lipinski definition) is 6. The summed E-state index contributed by atoms with van der Waals surface area (Å²) in [6, 6.07) is 17.6. The highest BCUT2D eigenvalue weighted by Gasteiger charge is 2.25. The number of aryl methyl sites for hydroxylation is 1. The van der Waals surface area contributed by atoms with Crippen molar-refractivity contribution in [1.82, 2.24) is 5.32 Å². The number of nitrogens with zero attached hydrogens (tertiary/aromatic N) is 1. The molecule has 0 unspecified atom stereocenters.